The van der Waals surface area contributed by atoms with Gasteiger partial charge in [0, 0.05) is 22.4 Å². The first-order valence-electron chi connectivity index (χ1n) is 15.3. The number of aliphatic hydroxyl groups is 1. The van der Waals surface area contributed by atoms with E-state index in [0.717, 1.165) is 12.8 Å². The number of amides is 2. The molecule has 0 spiro atoms. The smallest absolute Gasteiger partial charge is 0.235 e. The summed E-state index contributed by atoms with van der Waals surface area (Å²) in [7, 11) is 0. The molecule has 4 rings (SSSR count). The Morgan fingerprint density at radius 1 is 0.867 bits per heavy atom. The number of benzene rings is 3. The van der Waals surface area contributed by atoms with E-state index in [1.165, 1.54) is 6.92 Å². The molecule has 1 aliphatic rings. The molecule has 240 valence electrons. The quantitative estimate of drug-likeness (QED) is 0.135. The summed E-state index contributed by atoms with van der Waals surface area (Å²) in [5.41, 5.74) is -0.523. The van der Waals surface area contributed by atoms with Crippen molar-refractivity contribution in [1.29, 1.82) is 0 Å². The van der Waals surface area contributed by atoms with Gasteiger partial charge in [-0.05, 0) is 69.7 Å². The van der Waals surface area contributed by atoms with Crippen LogP contribution in [0.4, 0.5) is 11.4 Å². The number of Topliss-reactive ketones (excluding diaryl/α,β-unsaturated/α-hetero) is 1. The third kappa shape index (κ3) is 8.04. The first-order valence-corrected chi connectivity index (χ1v) is 16.1. The van der Waals surface area contributed by atoms with E-state index < -0.39 is 47.4 Å². The monoisotopic (exact) mass is 680 g/mol. The van der Waals surface area contributed by atoms with Crippen molar-refractivity contribution in [3.05, 3.63) is 76.8 Å². The van der Waals surface area contributed by atoms with Crippen molar-refractivity contribution in [2.24, 2.45) is 11.8 Å². The van der Waals surface area contributed by atoms with Crippen LogP contribution < -0.4 is 24.8 Å². The molecular formula is C35H41BrN2O7. The fourth-order valence-electron chi connectivity index (χ4n) is 5.83. The van der Waals surface area contributed by atoms with Crippen LogP contribution >= 0.6 is 15.9 Å². The highest BCUT2D eigenvalue weighted by Gasteiger charge is 2.56. The van der Waals surface area contributed by atoms with E-state index in [1.807, 2.05) is 20.8 Å². The largest absolute Gasteiger partial charge is 0.493 e. The summed E-state index contributed by atoms with van der Waals surface area (Å²) in [4.78, 5) is 42.4. The van der Waals surface area contributed by atoms with Crippen LogP contribution in [0.15, 0.2) is 71.2 Å². The highest BCUT2D eigenvalue weighted by Crippen LogP contribution is 2.50. The molecule has 0 radical (unpaired) electrons. The maximum absolute atomic E-state index is 14.3. The molecule has 3 aromatic rings. The van der Waals surface area contributed by atoms with Crippen molar-refractivity contribution in [3.63, 3.8) is 0 Å². The number of rotatable bonds is 13. The van der Waals surface area contributed by atoms with Crippen LogP contribution in [0.25, 0.3) is 0 Å². The lowest BCUT2D eigenvalue weighted by Gasteiger charge is -2.45. The lowest BCUT2D eigenvalue weighted by Crippen LogP contribution is -2.56. The molecule has 1 aliphatic carbocycles. The molecule has 0 saturated heterocycles. The fourth-order valence-corrected chi connectivity index (χ4v) is 6.21. The molecule has 45 heavy (non-hydrogen) atoms. The average Bonchev–Trinajstić information content (AvgIpc) is 2.99. The molecule has 0 heterocycles. The van der Waals surface area contributed by atoms with Crippen LogP contribution in [0.3, 0.4) is 0 Å². The van der Waals surface area contributed by atoms with E-state index in [9.17, 15) is 19.5 Å². The number of nitrogens with one attached hydrogen (secondary N) is 2. The van der Waals surface area contributed by atoms with Gasteiger partial charge in [-0.25, -0.2) is 0 Å². The minimum Gasteiger partial charge on any atom is -0.493 e. The first kappa shape index (κ1) is 34.0. The topological polar surface area (TPSA) is 123 Å². The normalized spacial score (nSPS) is 21.1. The zero-order valence-corrected chi connectivity index (χ0v) is 27.7. The number of carbonyl (C=O) groups excluding carboxylic acids is 3. The third-order valence-electron chi connectivity index (χ3n) is 7.81. The second-order valence-corrected chi connectivity index (χ2v) is 12.1. The van der Waals surface area contributed by atoms with Gasteiger partial charge >= 0.3 is 0 Å². The highest BCUT2D eigenvalue weighted by molar-refractivity contribution is 9.10. The highest BCUT2D eigenvalue weighted by atomic mass is 79.9. The number of unbranched alkanes of at least 4 members (excludes halogenated alkanes) is 1. The third-order valence-corrected chi connectivity index (χ3v) is 8.30. The zero-order valence-electron chi connectivity index (χ0n) is 26.1. The second kappa shape index (κ2) is 15.4. The minimum absolute atomic E-state index is 0.378. The van der Waals surface area contributed by atoms with Gasteiger partial charge in [-0.1, -0.05) is 53.5 Å². The van der Waals surface area contributed by atoms with Crippen LogP contribution in [0.5, 0.6) is 17.2 Å². The molecule has 1 saturated carbocycles. The van der Waals surface area contributed by atoms with Gasteiger partial charge < -0.3 is 30.0 Å². The SMILES string of the molecule is CCCCOc1ccc(Br)cc1C1C(C(=O)Nc2ccccc2OCC)C(=O)CC(C)(O)C1C(=O)Nc1ccccc1OCC. The van der Waals surface area contributed by atoms with Crippen molar-refractivity contribution in [1.82, 2.24) is 0 Å². The van der Waals surface area contributed by atoms with Crippen LogP contribution in [-0.4, -0.2) is 48.1 Å². The summed E-state index contributed by atoms with van der Waals surface area (Å²) in [6, 6.07) is 19.3. The molecule has 3 N–H and O–H groups in total. The van der Waals surface area contributed by atoms with E-state index >= 15 is 0 Å². The van der Waals surface area contributed by atoms with Crippen LogP contribution in [0.1, 0.15) is 58.4 Å². The Bertz CT molecular complexity index is 1510. The summed E-state index contributed by atoms with van der Waals surface area (Å²) in [6.07, 6.45) is 1.28. The number of carbonyl (C=O) groups is 3. The molecule has 4 unspecified atom stereocenters. The van der Waals surface area contributed by atoms with E-state index in [2.05, 4.69) is 26.6 Å². The lowest BCUT2D eigenvalue weighted by molar-refractivity contribution is -0.150. The van der Waals surface area contributed by atoms with Gasteiger partial charge in [0.1, 0.15) is 28.9 Å². The molecule has 10 heteroatoms. The van der Waals surface area contributed by atoms with Gasteiger partial charge in [-0.3, -0.25) is 14.4 Å². The number of anilines is 2. The Kier molecular flexibility index (Phi) is 11.6. The average molecular weight is 682 g/mol. The number of ether oxygens (including phenoxy) is 3. The van der Waals surface area contributed by atoms with Crippen molar-refractivity contribution in [3.8, 4) is 17.2 Å². The molecule has 1 fully saturated rings. The molecule has 9 nitrogen and oxygen atoms in total. The van der Waals surface area contributed by atoms with Crippen LogP contribution in [0, 0.1) is 11.8 Å². The minimum atomic E-state index is -1.80. The molecule has 0 aromatic heterocycles. The Hall–Kier alpha value is -3.89. The summed E-state index contributed by atoms with van der Waals surface area (Å²) in [5, 5.41) is 17.6. The fraction of sp³-hybridized carbons (Fsp3) is 0.400. The van der Waals surface area contributed by atoms with E-state index in [1.54, 1.807) is 66.7 Å². The maximum atomic E-state index is 14.3. The summed E-state index contributed by atoms with van der Waals surface area (Å²) >= 11 is 3.53. The second-order valence-electron chi connectivity index (χ2n) is 11.2. The number of halogens is 1. The Balaban J connectivity index is 1.85. The van der Waals surface area contributed by atoms with Gasteiger partial charge in [-0.2, -0.15) is 0 Å². The Labute approximate surface area is 272 Å². The molecular weight excluding hydrogens is 640 g/mol. The lowest BCUT2D eigenvalue weighted by atomic mass is 9.61. The molecule has 0 bridgehead atoms. The van der Waals surface area contributed by atoms with Gasteiger partial charge in [0.25, 0.3) is 0 Å². The van der Waals surface area contributed by atoms with Gasteiger partial charge in [0.2, 0.25) is 11.8 Å². The van der Waals surface area contributed by atoms with Crippen molar-refractivity contribution >= 4 is 44.9 Å². The molecule has 4 atom stereocenters. The van der Waals surface area contributed by atoms with E-state index in [0.29, 0.717) is 58.5 Å². The molecule has 0 aliphatic heterocycles. The van der Waals surface area contributed by atoms with Crippen molar-refractivity contribution in [2.45, 2.75) is 58.5 Å². The van der Waals surface area contributed by atoms with Crippen molar-refractivity contribution in [2.75, 3.05) is 30.5 Å². The summed E-state index contributed by atoms with van der Waals surface area (Å²) in [5.74, 6) is -3.97. The van der Waals surface area contributed by atoms with E-state index in [-0.39, 0.29) is 0 Å². The number of para-hydroxylation sites is 4. The predicted octanol–water partition coefficient (Wildman–Crippen LogP) is 6.74. The number of hydrogen-bond donors (Lipinski definition) is 3. The summed E-state index contributed by atoms with van der Waals surface area (Å²) in [6.45, 7) is 8.34. The number of hydrogen-bond acceptors (Lipinski definition) is 7. The Morgan fingerprint density at radius 3 is 2.02 bits per heavy atom. The zero-order chi connectivity index (χ0) is 32.6. The van der Waals surface area contributed by atoms with Gasteiger partial charge in [-0.15, -0.1) is 0 Å². The van der Waals surface area contributed by atoms with Gasteiger partial charge in [0.05, 0.1) is 42.7 Å². The maximum Gasteiger partial charge on any atom is 0.235 e. The molecule has 2 amide bonds. The first-order chi connectivity index (χ1) is 21.6. The van der Waals surface area contributed by atoms with Crippen molar-refractivity contribution < 1.29 is 33.7 Å². The van der Waals surface area contributed by atoms with E-state index in [4.69, 9.17) is 14.2 Å². The van der Waals surface area contributed by atoms with Crippen LogP contribution in [-0.2, 0) is 14.4 Å². The van der Waals surface area contributed by atoms with Crippen LogP contribution in [0.2, 0.25) is 0 Å². The summed E-state index contributed by atoms with van der Waals surface area (Å²) < 4.78 is 18.3. The molecule has 3 aromatic carbocycles. The predicted molar refractivity (Wildman–Crippen MR) is 177 cm³/mol. The van der Waals surface area contributed by atoms with Gasteiger partial charge in [0.15, 0.2) is 0 Å². The standard InChI is InChI=1S/C35H41BrN2O7/c1-5-8-19-45-27-18-17-22(36)20-23(27)30-31(33(40)37-24-13-9-11-15-28(24)43-6-2)26(39)21-35(4,42)32(30)34(41)38-25-14-10-12-16-29(25)44-7-3/h9-18,20,30-32,42H,5-8,19,21H2,1-4H3,(H,37,40)(H,38,41). The Morgan fingerprint density at radius 2 is 1.44 bits per heavy atom. The number of ketones is 1.